The van der Waals surface area contributed by atoms with Gasteiger partial charge < -0.3 is 14.7 Å². The van der Waals surface area contributed by atoms with Gasteiger partial charge in [-0.05, 0) is 24.3 Å². The molecule has 0 spiro atoms. The predicted octanol–water partition coefficient (Wildman–Crippen LogP) is 1.69. The lowest BCUT2D eigenvalue weighted by atomic mass is 10.2. The van der Waals surface area contributed by atoms with Gasteiger partial charge in [-0.25, -0.2) is 4.79 Å². The number of ether oxygens (including phenoxy) is 1. The molecule has 1 saturated heterocycles. The third-order valence-corrected chi connectivity index (χ3v) is 5.39. The Kier molecular flexibility index (Phi) is 6.15. The van der Waals surface area contributed by atoms with E-state index in [-0.39, 0.29) is 6.54 Å². The van der Waals surface area contributed by atoms with E-state index < -0.39 is 11.9 Å². The molecule has 2 heterocycles. The number of benzene rings is 2. The summed E-state index contributed by atoms with van der Waals surface area (Å²) in [6, 6.07) is 17.4. The highest BCUT2D eigenvalue weighted by atomic mass is 16.5. The van der Waals surface area contributed by atoms with Crippen molar-refractivity contribution < 1.29 is 14.4 Å². The minimum atomic E-state index is -0.697. The second-order valence-electron chi connectivity index (χ2n) is 7.39. The van der Waals surface area contributed by atoms with E-state index in [1.165, 1.54) is 10.3 Å². The minimum Gasteiger partial charge on any atom is -0.497 e. The van der Waals surface area contributed by atoms with Crippen LogP contribution in [0, 0.1) is 0 Å². The number of nitrogens with zero attached hydrogens (tertiary/aromatic N) is 4. The number of aliphatic hydroxyl groups is 1. The van der Waals surface area contributed by atoms with Crippen molar-refractivity contribution >= 4 is 5.69 Å². The summed E-state index contributed by atoms with van der Waals surface area (Å²) >= 11 is 0. The van der Waals surface area contributed by atoms with Crippen LogP contribution in [0.3, 0.4) is 0 Å². The molecule has 0 aliphatic carbocycles. The summed E-state index contributed by atoms with van der Waals surface area (Å²) in [7, 11) is 1.66. The van der Waals surface area contributed by atoms with Gasteiger partial charge in [0.1, 0.15) is 5.75 Å². The summed E-state index contributed by atoms with van der Waals surface area (Å²) in [6.45, 7) is 4.07. The maximum absolute atomic E-state index is 12.1. The van der Waals surface area contributed by atoms with E-state index >= 15 is 0 Å². The van der Waals surface area contributed by atoms with E-state index in [0.29, 0.717) is 12.4 Å². The van der Waals surface area contributed by atoms with Gasteiger partial charge in [-0.15, -0.1) is 0 Å². The number of hydrogen-bond donors (Lipinski definition) is 1. The Morgan fingerprint density at radius 2 is 1.73 bits per heavy atom. The zero-order valence-electron chi connectivity index (χ0n) is 17.0. The Morgan fingerprint density at radius 1 is 1.03 bits per heavy atom. The second-order valence-corrected chi connectivity index (χ2v) is 7.39. The molecule has 0 saturated carbocycles. The van der Waals surface area contributed by atoms with Gasteiger partial charge >= 0.3 is 5.76 Å². The fourth-order valence-corrected chi connectivity index (χ4v) is 3.77. The summed E-state index contributed by atoms with van der Waals surface area (Å²) in [5.74, 6) is 0.723. The van der Waals surface area contributed by atoms with E-state index in [4.69, 9.17) is 9.26 Å². The first-order chi connectivity index (χ1) is 14.6. The van der Waals surface area contributed by atoms with Crippen LogP contribution in [0.25, 0.3) is 11.4 Å². The molecule has 2 aromatic carbocycles. The number of aromatic nitrogens is 2. The average molecular weight is 410 g/mol. The van der Waals surface area contributed by atoms with Crippen molar-refractivity contribution in [3.05, 3.63) is 65.1 Å². The van der Waals surface area contributed by atoms with Crippen LogP contribution >= 0.6 is 0 Å². The molecule has 1 aliphatic heterocycles. The zero-order valence-corrected chi connectivity index (χ0v) is 17.0. The molecule has 1 unspecified atom stereocenters. The van der Waals surface area contributed by atoms with E-state index in [0.717, 1.165) is 37.5 Å². The van der Waals surface area contributed by atoms with Crippen LogP contribution in [-0.2, 0) is 6.54 Å². The van der Waals surface area contributed by atoms with Gasteiger partial charge in [0.2, 0.25) is 0 Å². The van der Waals surface area contributed by atoms with Gasteiger partial charge in [-0.3, -0.25) is 14.0 Å². The third-order valence-electron chi connectivity index (χ3n) is 5.39. The van der Waals surface area contributed by atoms with Crippen molar-refractivity contribution in [3.8, 4) is 17.1 Å². The van der Waals surface area contributed by atoms with Crippen LogP contribution in [0.1, 0.15) is 0 Å². The second kappa shape index (κ2) is 9.15. The lowest BCUT2D eigenvalue weighted by molar-refractivity contribution is 0.0936. The van der Waals surface area contributed by atoms with Crippen molar-refractivity contribution in [2.24, 2.45) is 0 Å². The molecule has 0 bridgehead atoms. The van der Waals surface area contributed by atoms with Crippen molar-refractivity contribution in [1.82, 2.24) is 14.6 Å². The molecule has 1 atom stereocenters. The van der Waals surface area contributed by atoms with Gasteiger partial charge in [0, 0.05) is 44.0 Å². The summed E-state index contributed by atoms with van der Waals surface area (Å²) in [6.07, 6.45) is -0.697. The van der Waals surface area contributed by atoms with Crippen LogP contribution < -0.4 is 15.4 Å². The zero-order chi connectivity index (χ0) is 20.9. The highest BCUT2D eigenvalue weighted by Crippen LogP contribution is 2.21. The monoisotopic (exact) mass is 410 g/mol. The highest BCUT2D eigenvalue weighted by molar-refractivity contribution is 5.54. The molecular formula is C22H26N4O4. The van der Waals surface area contributed by atoms with Crippen LogP contribution in [0.2, 0.25) is 0 Å². The normalized spacial score (nSPS) is 15.9. The topological polar surface area (TPSA) is 84.0 Å². The van der Waals surface area contributed by atoms with Gasteiger partial charge in [0.15, 0.2) is 5.82 Å². The Morgan fingerprint density at radius 3 is 2.40 bits per heavy atom. The molecular weight excluding hydrogens is 384 g/mol. The van der Waals surface area contributed by atoms with Crippen LogP contribution in [-0.4, -0.2) is 65.7 Å². The molecule has 8 heteroatoms. The first-order valence-corrected chi connectivity index (χ1v) is 10.1. The van der Waals surface area contributed by atoms with Gasteiger partial charge in [-0.2, -0.15) is 0 Å². The molecule has 8 nitrogen and oxygen atoms in total. The van der Waals surface area contributed by atoms with Crippen LogP contribution in [0.5, 0.6) is 5.75 Å². The highest BCUT2D eigenvalue weighted by Gasteiger charge is 2.22. The van der Waals surface area contributed by atoms with E-state index in [1.807, 2.05) is 42.5 Å². The maximum Gasteiger partial charge on any atom is 0.441 e. The molecule has 1 fully saturated rings. The maximum atomic E-state index is 12.1. The van der Waals surface area contributed by atoms with Crippen molar-refractivity contribution in [2.75, 3.05) is 44.7 Å². The lowest BCUT2D eigenvalue weighted by Gasteiger charge is -2.37. The van der Waals surface area contributed by atoms with E-state index in [1.54, 1.807) is 7.11 Å². The first kappa shape index (κ1) is 20.2. The summed E-state index contributed by atoms with van der Waals surface area (Å²) < 4.78 is 11.4. The molecule has 1 aromatic heterocycles. The number of anilines is 1. The van der Waals surface area contributed by atoms with E-state index in [9.17, 15) is 9.90 Å². The molecule has 30 heavy (non-hydrogen) atoms. The number of piperazine rings is 1. The molecule has 1 N–H and O–H groups in total. The molecule has 0 radical (unpaired) electrons. The molecule has 0 amide bonds. The Hall–Kier alpha value is -3.10. The lowest BCUT2D eigenvalue weighted by Crippen LogP contribution is -2.49. The average Bonchev–Trinajstić information content (AvgIpc) is 3.15. The van der Waals surface area contributed by atoms with Crippen molar-refractivity contribution in [3.63, 3.8) is 0 Å². The SMILES string of the molecule is COc1ccc(N2CCN(CC(O)Cn3c(-c4ccccc4)noc3=O)CC2)cc1. The fraction of sp³-hybridized carbons (Fsp3) is 0.364. The standard InChI is InChI=1S/C22H26N4O4/c1-29-20-9-7-18(8-10-20)25-13-11-24(12-14-25)15-19(27)16-26-21(23-30-22(26)28)17-5-3-2-4-6-17/h2-10,19,27H,11-16H2,1H3. The molecule has 4 rings (SSSR count). The number of methoxy groups -OCH3 is 1. The van der Waals surface area contributed by atoms with Crippen LogP contribution in [0.4, 0.5) is 5.69 Å². The molecule has 3 aromatic rings. The van der Waals surface area contributed by atoms with Gasteiger partial charge in [0.05, 0.1) is 19.8 Å². The Labute approximate surface area is 174 Å². The first-order valence-electron chi connectivity index (χ1n) is 10.1. The molecule has 158 valence electrons. The number of rotatable bonds is 7. The summed E-state index contributed by atoms with van der Waals surface area (Å²) in [5, 5.41) is 14.5. The van der Waals surface area contributed by atoms with Crippen molar-refractivity contribution in [2.45, 2.75) is 12.6 Å². The predicted molar refractivity (Wildman–Crippen MR) is 114 cm³/mol. The van der Waals surface area contributed by atoms with Gasteiger partial charge in [-0.1, -0.05) is 35.5 Å². The smallest absolute Gasteiger partial charge is 0.441 e. The Bertz CT molecular complexity index is 992. The number of β-amino-alcohol motifs (C(OH)–C–C–N with tert-alkyl or cyclic N) is 1. The number of hydrogen-bond acceptors (Lipinski definition) is 7. The largest absolute Gasteiger partial charge is 0.497 e. The molecule has 1 aliphatic rings. The number of aliphatic hydroxyl groups excluding tert-OH is 1. The van der Waals surface area contributed by atoms with Crippen molar-refractivity contribution in [1.29, 1.82) is 0 Å². The summed E-state index contributed by atoms with van der Waals surface area (Å²) in [5.41, 5.74) is 1.95. The third kappa shape index (κ3) is 4.55. The minimum absolute atomic E-state index is 0.144. The van der Waals surface area contributed by atoms with E-state index in [2.05, 4.69) is 27.1 Å². The fourth-order valence-electron chi connectivity index (χ4n) is 3.77. The quantitative estimate of drug-likeness (QED) is 0.635. The van der Waals surface area contributed by atoms with Gasteiger partial charge in [0.25, 0.3) is 0 Å². The Balaban J connectivity index is 1.33. The van der Waals surface area contributed by atoms with Crippen LogP contribution in [0.15, 0.2) is 63.9 Å². The summed E-state index contributed by atoms with van der Waals surface area (Å²) in [4.78, 5) is 16.6.